The predicted molar refractivity (Wildman–Crippen MR) is 158 cm³/mol. The Morgan fingerprint density at radius 3 is 2.71 bits per heavy atom. The van der Waals surface area contributed by atoms with Crippen molar-refractivity contribution in [2.24, 2.45) is 12.0 Å². The van der Waals surface area contributed by atoms with Gasteiger partial charge in [0.2, 0.25) is 10.0 Å². The van der Waals surface area contributed by atoms with Gasteiger partial charge in [0.25, 0.3) is 5.62 Å². The molecule has 0 atom stereocenters. The molecule has 42 heavy (non-hydrogen) atoms. The summed E-state index contributed by atoms with van der Waals surface area (Å²) in [6, 6.07) is 10.4. The first-order valence-corrected chi connectivity index (χ1v) is 15.0. The van der Waals surface area contributed by atoms with E-state index in [1.54, 1.807) is 35.4 Å². The third kappa shape index (κ3) is 5.59. The van der Waals surface area contributed by atoms with Crippen molar-refractivity contribution in [1.29, 1.82) is 0 Å². The molecule has 6 rings (SSSR count). The molecule has 0 radical (unpaired) electrons. The van der Waals surface area contributed by atoms with Gasteiger partial charge in [-0.2, -0.15) is 10.1 Å². The fraction of sp³-hybridized carbons (Fsp3) is 0.276. The molecule has 13 heteroatoms. The Bertz CT molecular complexity index is 1960. The first kappa shape index (κ1) is 27.5. The highest BCUT2D eigenvalue weighted by atomic mass is 32.2. The van der Waals surface area contributed by atoms with Crippen molar-refractivity contribution in [3.05, 3.63) is 83.6 Å². The molecule has 2 aromatic heterocycles. The number of nitrogens with one attached hydrogen (secondary N) is 2. The van der Waals surface area contributed by atoms with Crippen molar-refractivity contribution in [1.82, 2.24) is 29.3 Å². The summed E-state index contributed by atoms with van der Waals surface area (Å²) in [5, 5.41) is 7.60. The summed E-state index contributed by atoms with van der Waals surface area (Å²) in [7, 11) is -2.01. The lowest BCUT2D eigenvalue weighted by Gasteiger charge is -2.19. The third-order valence-corrected chi connectivity index (χ3v) is 8.28. The monoisotopic (exact) mass is 587 g/mol. The number of anilines is 2. The van der Waals surface area contributed by atoms with E-state index in [0.29, 0.717) is 29.1 Å². The number of alkyl halides is 1. The zero-order valence-electron chi connectivity index (χ0n) is 23.6. The maximum absolute atomic E-state index is 14.4. The van der Waals surface area contributed by atoms with E-state index in [1.807, 2.05) is 32.2 Å². The second kappa shape index (κ2) is 10.3. The molecule has 3 aliphatic rings. The second-order valence-electron chi connectivity index (χ2n) is 10.8. The highest BCUT2D eigenvalue weighted by Gasteiger charge is 2.24. The van der Waals surface area contributed by atoms with Crippen molar-refractivity contribution >= 4 is 27.2 Å². The second-order valence-corrected chi connectivity index (χ2v) is 12.5. The fourth-order valence-electron chi connectivity index (χ4n) is 5.01. The minimum absolute atomic E-state index is 0.264. The lowest BCUT2D eigenvalue weighted by molar-refractivity contribution is 0.221. The molecule has 0 fully saturated rings. The molecular weight excluding hydrogens is 557 g/mol. The summed E-state index contributed by atoms with van der Waals surface area (Å²) < 4.78 is 47.0. The van der Waals surface area contributed by atoms with E-state index < -0.39 is 15.7 Å². The molecule has 1 aromatic carbocycles. The van der Waals surface area contributed by atoms with E-state index in [-0.39, 0.29) is 11.4 Å². The van der Waals surface area contributed by atoms with Crippen LogP contribution in [0.1, 0.15) is 30.7 Å². The molecule has 11 nitrogen and oxygen atoms in total. The van der Waals surface area contributed by atoms with Crippen LogP contribution in [0.25, 0.3) is 22.5 Å². The van der Waals surface area contributed by atoms with Gasteiger partial charge in [0, 0.05) is 49.3 Å². The number of hydrogen-bond donors (Lipinski definition) is 2. The molecule has 0 saturated carbocycles. The number of halogens is 1. The van der Waals surface area contributed by atoms with Crippen molar-refractivity contribution in [3.63, 3.8) is 0 Å². The number of sulfonamides is 1. The number of benzene rings is 1. The van der Waals surface area contributed by atoms with Gasteiger partial charge in [-0.05, 0) is 67.8 Å². The summed E-state index contributed by atoms with van der Waals surface area (Å²) >= 11 is 0. The summed E-state index contributed by atoms with van der Waals surface area (Å²) in [5.41, 5.74) is 4.01. The van der Waals surface area contributed by atoms with Crippen LogP contribution in [0.2, 0.25) is 0 Å². The zero-order valence-corrected chi connectivity index (χ0v) is 24.4. The first-order chi connectivity index (χ1) is 19.9. The Balaban J connectivity index is 1.34. The van der Waals surface area contributed by atoms with Gasteiger partial charge in [-0.15, -0.1) is 0 Å². The van der Waals surface area contributed by atoms with Gasteiger partial charge in [-0.25, -0.2) is 22.8 Å². The predicted octanol–water partition coefficient (Wildman–Crippen LogP) is 4.29. The van der Waals surface area contributed by atoms with Crippen LogP contribution in [0, 0.1) is 6.92 Å². The van der Waals surface area contributed by atoms with Crippen LogP contribution in [-0.4, -0.2) is 44.3 Å². The molecule has 0 saturated heterocycles. The quantitative estimate of drug-likeness (QED) is 0.290. The number of hydrogen-bond acceptors (Lipinski definition) is 8. The van der Waals surface area contributed by atoms with Crippen LogP contribution in [0.3, 0.4) is 0 Å². The summed E-state index contributed by atoms with van der Waals surface area (Å²) in [6.07, 6.45) is 6.61. The SMILES string of the molecule is Cc1ccc(NS(=O)(=O)Cc2cc(C(C)(C)F)ccn2)cc1-c1cc2cnc(=Nc3cnn(C)c3)nc-2n2c1NCC2. The molecule has 0 unspecified atom stereocenters. The minimum atomic E-state index is -3.83. The van der Waals surface area contributed by atoms with Crippen molar-refractivity contribution < 1.29 is 12.8 Å². The van der Waals surface area contributed by atoms with Gasteiger partial charge in [0.05, 0.1) is 18.1 Å². The van der Waals surface area contributed by atoms with E-state index in [1.165, 1.54) is 26.1 Å². The molecular formula is C29H30FN9O2S. The number of aromatic nitrogens is 6. The minimum Gasteiger partial charge on any atom is -0.369 e. The first-order valence-electron chi connectivity index (χ1n) is 13.4. The third-order valence-electron chi connectivity index (χ3n) is 7.05. The Kier molecular flexibility index (Phi) is 6.76. The average Bonchev–Trinajstić information content (AvgIpc) is 3.58. The molecule has 0 amide bonds. The normalized spacial score (nSPS) is 13.8. The Morgan fingerprint density at radius 2 is 1.95 bits per heavy atom. The maximum atomic E-state index is 14.4. The van der Waals surface area contributed by atoms with E-state index >= 15 is 0 Å². The lowest BCUT2D eigenvalue weighted by atomic mass is 9.98. The van der Waals surface area contributed by atoms with Gasteiger partial charge >= 0.3 is 0 Å². The Morgan fingerprint density at radius 1 is 1.12 bits per heavy atom. The van der Waals surface area contributed by atoms with E-state index in [9.17, 15) is 12.8 Å². The number of rotatable bonds is 7. The lowest BCUT2D eigenvalue weighted by Crippen LogP contribution is -2.18. The van der Waals surface area contributed by atoms with E-state index in [0.717, 1.165) is 40.4 Å². The van der Waals surface area contributed by atoms with Gasteiger partial charge in [0.15, 0.2) is 0 Å². The molecule has 3 aliphatic heterocycles. The zero-order chi connectivity index (χ0) is 29.6. The smallest absolute Gasteiger partial charge is 0.251 e. The molecule has 3 aromatic rings. The van der Waals surface area contributed by atoms with Gasteiger partial charge in [-0.1, -0.05) is 6.07 Å². The average molecular weight is 588 g/mol. The summed E-state index contributed by atoms with van der Waals surface area (Å²) in [6.45, 7) is 6.25. The van der Waals surface area contributed by atoms with Crippen molar-refractivity contribution in [3.8, 4) is 22.5 Å². The van der Waals surface area contributed by atoms with Crippen LogP contribution in [0.15, 0.2) is 66.2 Å². The fourth-order valence-corrected chi connectivity index (χ4v) is 6.12. The van der Waals surface area contributed by atoms with Gasteiger partial charge < -0.3 is 9.88 Å². The van der Waals surface area contributed by atoms with Gasteiger partial charge in [0.1, 0.15) is 28.8 Å². The van der Waals surface area contributed by atoms with Crippen LogP contribution in [-0.2, 0) is 35.0 Å². The van der Waals surface area contributed by atoms with Crippen molar-refractivity contribution in [2.75, 3.05) is 16.6 Å². The van der Waals surface area contributed by atoms with Crippen LogP contribution >= 0.6 is 0 Å². The highest BCUT2D eigenvalue weighted by molar-refractivity contribution is 7.91. The maximum Gasteiger partial charge on any atom is 0.251 e. The van der Waals surface area contributed by atoms with Crippen molar-refractivity contribution in [2.45, 2.75) is 38.7 Å². The van der Waals surface area contributed by atoms with Crippen LogP contribution < -0.4 is 15.7 Å². The number of aryl methyl sites for hydroxylation is 2. The number of nitrogens with zero attached hydrogens (tertiary/aromatic N) is 7. The van der Waals surface area contributed by atoms with E-state index in [4.69, 9.17) is 4.98 Å². The van der Waals surface area contributed by atoms with Crippen LogP contribution in [0.5, 0.6) is 0 Å². The molecule has 0 aliphatic carbocycles. The largest absolute Gasteiger partial charge is 0.369 e. The number of fused-ring (bicyclic) bond motifs is 3. The number of pyridine rings is 2. The summed E-state index contributed by atoms with van der Waals surface area (Å²) in [4.78, 5) is 17.8. The molecule has 2 N–H and O–H groups in total. The standard InChI is InChI=1S/C29H30FN9O2S/c1-18-5-6-21(37-42(40,41)17-22-12-20(7-8-31-22)29(2,3)30)13-24(18)25-11-19-14-33-28(35-23-15-34-38(4)16-23)36-26(19)39-10-9-32-27(25)39/h5-8,11-16,32,37H,9-10,17H2,1-4H3. The van der Waals surface area contributed by atoms with Crippen LogP contribution in [0.4, 0.5) is 21.6 Å². The summed E-state index contributed by atoms with van der Waals surface area (Å²) in [5.74, 6) is 1.25. The molecule has 0 spiro atoms. The highest BCUT2D eigenvalue weighted by Crippen LogP contribution is 2.39. The molecule has 5 heterocycles. The van der Waals surface area contributed by atoms with Gasteiger partial charge in [-0.3, -0.25) is 14.4 Å². The molecule has 0 bridgehead atoms. The van der Waals surface area contributed by atoms with E-state index in [2.05, 4.69) is 34.7 Å². The Labute approximate surface area is 242 Å². The molecule has 216 valence electrons. The topological polar surface area (TPSA) is 132 Å². The Hall–Kier alpha value is -4.65.